The van der Waals surface area contributed by atoms with Crippen molar-refractivity contribution in [2.24, 2.45) is 0 Å². The Morgan fingerprint density at radius 2 is 1.82 bits per heavy atom. The highest BCUT2D eigenvalue weighted by Gasteiger charge is 2.24. The van der Waals surface area contributed by atoms with E-state index in [0.717, 1.165) is 26.2 Å². The van der Waals surface area contributed by atoms with Gasteiger partial charge in [0.15, 0.2) is 6.54 Å². The number of benzene rings is 1. The fourth-order valence-electron chi connectivity index (χ4n) is 2.82. The summed E-state index contributed by atoms with van der Waals surface area (Å²) in [5.74, 6) is 1.36. The highest BCUT2D eigenvalue weighted by molar-refractivity contribution is 5.93. The Labute approximate surface area is 132 Å². The summed E-state index contributed by atoms with van der Waals surface area (Å²) in [6, 6.07) is 5.39. The smallest absolute Gasteiger partial charge is 0.279 e. The van der Waals surface area contributed by atoms with Crippen LogP contribution >= 0.6 is 0 Å². The molecular weight excluding hydrogens is 282 g/mol. The first-order valence-corrected chi connectivity index (χ1v) is 7.85. The molecular formula is C16H27N3O3+2. The molecule has 1 aromatic rings. The largest absolute Gasteiger partial charge is 0.497 e. The zero-order valence-corrected chi connectivity index (χ0v) is 13.7. The van der Waals surface area contributed by atoms with Gasteiger partial charge in [0.1, 0.15) is 37.7 Å². The number of methoxy groups -OCH3 is 2. The molecule has 0 atom stereocenters. The van der Waals surface area contributed by atoms with Gasteiger partial charge in [0.2, 0.25) is 0 Å². The summed E-state index contributed by atoms with van der Waals surface area (Å²) in [7, 11) is 3.20. The van der Waals surface area contributed by atoms with E-state index in [1.807, 2.05) is 6.07 Å². The molecule has 0 spiro atoms. The fourth-order valence-corrected chi connectivity index (χ4v) is 2.82. The van der Waals surface area contributed by atoms with Crippen molar-refractivity contribution >= 4 is 11.6 Å². The van der Waals surface area contributed by atoms with E-state index in [2.05, 4.69) is 12.2 Å². The van der Waals surface area contributed by atoms with Gasteiger partial charge >= 0.3 is 0 Å². The molecule has 1 fully saturated rings. The summed E-state index contributed by atoms with van der Waals surface area (Å²) in [5, 5.41) is 2.94. The average Bonchev–Trinajstić information content (AvgIpc) is 2.55. The molecule has 0 aliphatic carbocycles. The molecule has 0 aromatic heterocycles. The number of hydrogen-bond donors (Lipinski definition) is 3. The van der Waals surface area contributed by atoms with Gasteiger partial charge in [-0.1, -0.05) is 0 Å². The molecule has 1 saturated heterocycles. The van der Waals surface area contributed by atoms with Crippen LogP contribution in [0.15, 0.2) is 18.2 Å². The maximum Gasteiger partial charge on any atom is 0.279 e. The third kappa shape index (κ3) is 4.35. The Bertz CT molecular complexity index is 499. The third-order valence-electron chi connectivity index (χ3n) is 4.26. The maximum atomic E-state index is 12.3. The van der Waals surface area contributed by atoms with E-state index >= 15 is 0 Å². The van der Waals surface area contributed by atoms with Gasteiger partial charge in [-0.3, -0.25) is 4.79 Å². The Kier molecular flexibility index (Phi) is 6.03. The van der Waals surface area contributed by atoms with Crippen LogP contribution in [-0.4, -0.2) is 59.4 Å². The molecule has 0 bridgehead atoms. The molecule has 6 heteroatoms. The van der Waals surface area contributed by atoms with Crippen molar-refractivity contribution in [1.29, 1.82) is 0 Å². The van der Waals surface area contributed by atoms with E-state index in [1.165, 1.54) is 11.4 Å². The molecule has 1 amide bonds. The van der Waals surface area contributed by atoms with E-state index in [-0.39, 0.29) is 5.91 Å². The lowest BCUT2D eigenvalue weighted by Gasteiger charge is -2.28. The number of carbonyl (C=O) groups is 1. The van der Waals surface area contributed by atoms with Gasteiger partial charge in [0.05, 0.1) is 26.5 Å². The number of piperazine rings is 1. The molecule has 1 aromatic carbocycles. The second-order valence-electron chi connectivity index (χ2n) is 5.64. The predicted octanol–water partition coefficient (Wildman–Crippen LogP) is -1.55. The number of carbonyl (C=O) groups excluding carboxylic acids is 1. The summed E-state index contributed by atoms with van der Waals surface area (Å²) in [6.45, 7) is 8.25. The number of rotatable bonds is 6. The van der Waals surface area contributed by atoms with Crippen LogP contribution < -0.4 is 24.6 Å². The summed E-state index contributed by atoms with van der Waals surface area (Å²) in [5.41, 5.74) is 0.657. The van der Waals surface area contributed by atoms with Gasteiger partial charge in [0, 0.05) is 6.07 Å². The standard InChI is InChI=1S/C16H25N3O3/c1-4-18-7-9-19(10-8-18)12-16(20)17-14-11-13(21-2)5-6-15(14)22-3/h5-6,11H,4,7-10,12H2,1-3H3,(H,17,20)/p+2. The van der Waals surface area contributed by atoms with Crippen LogP contribution in [0, 0.1) is 0 Å². The number of amides is 1. The molecule has 1 heterocycles. The zero-order valence-electron chi connectivity index (χ0n) is 13.7. The molecule has 0 unspecified atom stereocenters. The van der Waals surface area contributed by atoms with E-state index in [0.29, 0.717) is 23.7 Å². The summed E-state index contributed by atoms with van der Waals surface area (Å²) >= 11 is 0. The summed E-state index contributed by atoms with van der Waals surface area (Å²) in [4.78, 5) is 15.2. The number of nitrogens with one attached hydrogen (secondary N) is 3. The second kappa shape index (κ2) is 8.00. The first-order valence-electron chi connectivity index (χ1n) is 7.85. The van der Waals surface area contributed by atoms with Crippen LogP contribution in [-0.2, 0) is 4.79 Å². The lowest BCUT2D eigenvalue weighted by molar-refractivity contribution is -1.01. The van der Waals surface area contributed by atoms with Crippen LogP contribution in [0.25, 0.3) is 0 Å². The number of ether oxygens (including phenoxy) is 2. The SMILES string of the molecule is CC[NH+]1CC[NH+](CC(=O)Nc2cc(OC)ccc2OC)CC1. The predicted molar refractivity (Wildman–Crippen MR) is 85.0 cm³/mol. The summed E-state index contributed by atoms with van der Waals surface area (Å²) < 4.78 is 10.5. The number of quaternary nitrogens is 2. The van der Waals surface area contributed by atoms with Crippen LogP contribution in [0.2, 0.25) is 0 Å². The van der Waals surface area contributed by atoms with Gasteiger partial charge in [-0.15, -0.1) is 0 Å². The Hall–Kier alpha value is -1.79. The minimum absolute atomic E-state index is 0.0153. The number of hydrogen-bond acceptors (Lipinski definition) is 3. The lowest BCUT2D eigenvalue weighted by atomic mass is 10.2. The highest BCUT2D eigenvalue weighted by atomic mass is 16.5. The van der Waals surface area contributed by atoms with Crippen molar-refractivity contribution in [3.05, 3.63) is 18.2 Å². The Morgan fingerprint density at radius 3 is 2.41 bits per heavy atom. The minimum atomic E-state index is 0.0153. The van der Waals surface area contributed by atoms with Crippen LogP contribution in [0.1, 0.15) is 6.92 Å². The van der Waals surface area contributed by atoms with E-state index in [1.54, 1.807) is 31.3 Å². The monoisotopic (exact) mass is 309 g/mol. The molecule has 0 radical (unpaired) electrons. The first kappa shape index (κ1) is 16.6. The second-order valence-corrected chi connectivity index (χ2v) is 5.64. The molecule has 1 aliphatic rings. The van der Waals surface area contributed by atoms with E-state index in [9.17, 15) is 4.79 Å². The average molecular weight is 309 g/mol. The normalized spacial score (nSPS) is 21.2. The molecule has 122 valence electrons. The van der Waals surface area contributed by atoms with Crippen molar-refractivity contribution in [2.75, 3.05) is 58.8 Å². The van der Waals surface area contributed by atoms with Crippen LogP contribution in [0.5, 0.6) is 11.5 Å². The molecule has 2 rings (SSSR count). The quantitative estimate of drug-likeness (QED) is 0.596. The Balaban J connectivity index is 1.92. The van der Waals surface area contributed by atoms with E-state index < -0.39 is 0 Å². The molecule has 0 saturated carbocycles. The number of anilines is 1. The topological polar surface area (TPSA) is 56.4 Å². The van der Waals surface area contributed by atoms with Crippen molar-refractivity contribution in [3.8, 4) is 11.5 Å². The van der Waals surface area contributed by atoms with Crippen molar-refractivity contribution in [2.45, 2.75) is 6.92 Å². The summed E-state index contributed by atoms with van der Waals surface area (Å²) in [6.07, 6.45) is 0. The van der Waals surface area contributed by atoms with Crippen molar-refractivity contribution < 1.29 is 24.1 Å². The number of likely N-dealkylation sites (N-methyl/N-ethyl adjacent to an activating group) is 1. The van der Waals surface area contributed by atoms with Gasteiger partial charge in [-0.05, 0) is 19.1 Å². The molecule has 3 N–H and O–H groups in total. The van der Waals surface area contributed by atoms with Crippen molar-refractivity contribution in [1.82, 2.24) is 0 Å². The van der Waals surface area contributed by atoms with Gasteiger partial charge in [-0.25, -0.2) is 0 Å². The lowest BCUT2D eigenvalue weighted by Crippen LogP contribution is -3.28. The van der Waals surface area contributed by atoms with Crippen LogP contribution in [0.3, 0.4) is 0 Å². The van der Waals surface area contributed by atoms with Gasteiger partial charge in [-0.2, -0.15) is 0 Å². The highest BCUT2D eigenvalue weighted by Crippen LogP contribution is 2.28. The maximum absolute atomic E-state index is 12.3. The fraction of sp³-hybridized carbons (Fsp3) is 0.562. The Morgan fingerprint density at radius 1 is 1.14 bits per heavy atom. The first-order chi connectivity index (χ1) is 10.7. The molecule has 22 heavy (non-hydrogen) atoms. The van der Waals surface area contributed by atoms with Crippen LogP contribution in [0.4, 0.5) is 5.69 Å². The zero-order chi connectivity index (χ0) is 15.9. The molecule has 6 nitrogen and oxygen atoms in total. The molecule has 1 aliphatic heterocycles. The van der Waals surface area contributed by atoms with Gasteiger partial charge < -0.3 is 24.6 Å². The third-order valence-corrected chi connectivity index (χ3v) is 4.26. The van der Waals surface area contributed by atoms with Gasteiger partial charge in [0.25, 0.3) is 5.91 Å². The van der Waals surface area contributed by atoms with E-state index in [4.69, 9.17) is 9.47 Å². The minimum Gasteiger partial charge on any atom is -0.497 e. The van der Waals surface area contributed by atoms with Crippen molar-refractivity contribution in [3.63, 3.8) is 0 Å².